The lowest BCUT2D eigenvalue weighted by Crippen LogP contribution is -2.49. The fourth-order valence-corrected chi connectivity index (χ4v) is 3.68. The summed E-state index contributed by atoms with van der Waals surface area (Å²) in [6.45, 7) is 3.98. The Labute approximate surface area is 173 Å². The molecule has 30 heavy (non-hydrogen) atoms. The highest BCUT2D eigenvalue weighted by molar-refractivity contribution is 5.94. The second-order valence-corrected chi connectivity index (χ2v) is 7.84. The van der Waals surface area contributed by atoms with Crippen LogP contribution in [0.3, 0.4) is 0 Å². The van der Waals surface area contributed by atoms with Crippen LogP contribution in [0.5, 0.6) is 0 Å². The summed E-state index contributed by atoms with van der Waals surface area (Å²) >= 11 is 0. The van der Waals surface area contributed by atoms with Gasteiger partial charge in [-0.1, -0.05) is 6.07 Å². The highest BCUT2D eigenvalue weighted by Gasteiger charge is 2.31. The van der Waals surface area contributed by atoms with Crippen LogP contribution < -0.4 is 4.90 Å². The molecule has 1 aliphatic carbocycles. The number of hydrogen-bond acceptors (Lipinski definition) is 6. The van der Waals surface area contributed by atoms with Gasteiger partial charge in [-0.2, -0.15) is 0 Å². The molecule has 0 spiro atoms. The largest absolute Gasteiger partial charge is 0.420 e. The first kappa shape index (κ1) is 18.7. The van der Waals surface area contributed by atoms with Crippen LogP contribution in [0.4, 0.5) is 10.2 Å². The Balaban J connectivity index is 1.31. The maximum absolute atomic E-state index is 13.8. The number of rotatable bonds is 4. The maximum atomic E-state index is 13.8. The zero-order valence-corrected chi connectivity index (χ0v) is 16.7. The van der Waals surface area contributed by atoms with Gasteiger partial charge in [-0.3, -0.25) is 4.79 Å². The molecule has 2 fully saturated rings. The van der Waals surface area contributed by atoms with Crippen LogP contribution in [0.1, 0.15) is 40.6 Å². The molecule has 0 unspecified atom stereocenters. The number of benzene rings is 1. The SMILES string of the molecule is Cc1ccc(C(=O)N2CCN(c3ncccc3-c3nnc(C4CC4)o3)CC2)cc1F. The van der Waals surface area contributed by atoms with E-state index in [9.17, 15) is 9.18 Å². The lowest BCUT2D eigenvalue weighted by Gasteiger charge is -2.36. The number of nitrogens with zero attached hydrogens (tertiary/aromatic N) is 5. The van der Waals surface area contributed by atoms with Gasteiger partial charge < -0.3 is 14.2 Å². The molecule has 1 saturated carbocycles. The Kier molecular flexibility index (Phi) is 4.69. The van der Waals surface area contributed by atoms with Gasteiger partial charge in [-0.05, 0) is 49.6 Å². The van der Waals surface area contributed by atoms with E-state index in [0.29, 0.717) is 55.0 Å². The molecule has 0 bridgehead atoms. The summed E-state index contributed by atoms with van der Waals surface area (Å²) in [5.74, 6) is 1.84. The van der Waals surface area contributed by atoms with Gasteiger partial charge in [0.15, 0.2) is 0 Å². The Morgan fingerprint density at radius 1 is 1.13 bits per heavy atom. The molecule has 7 nitrogen and oxygen atoms in total. The summed E-state index contributed by atoms with van der Waals surface area (Å²) in [5, 5.41) is 8.39. The van der Waals surface area contributed by atoms with Crippen LogP contribution in [-0.2, 0) is 0 Å². The minimum absolute atomic E-state index is 0.152. The van der Waals surface area contributed by atoms with Crippen LogP contribution in [0.2, 0.25) is 0 Å². The fourth-order valence-electron chi connectivity index (χ4n) is 3.68. The topological polar surface area (TPSA) is 75.4 Å². The zero-order chi connectivity index (χ0) is 20.7. The van der Waals surface area contributed by atoms with Crippen molar-refractivity contribution in [1.29, 1.82) is 0 Å². The third-order valence-corrected chi connectivity index (χ3v) is 5.67. The van der Waals surface area contributed by atoms with E-state index in [1.165, 1.54) is 6.07 Å². The molecule has 154 valence electrons. The van der Waals surface area contributed by atoms with E-state index in [1.807, 2.05) is 12.1 Å². The van der Waals surface area contributed by atoms with E-state index in [2.05, 4.69) is 20.1 Å². The van der Waals surface area contributed by atoms with Crippen molar-refractivity contribution in [1.82, 2.24) is 20.1 Å². The molecule has 2 aliphatic rings. The normalized spacial score (nSPS) is 16.7. The number of amides is 1. The predicted octanol–water partition coefficient (Wildman–Crippen LogP) is 3.42. The standard InChI is InChI=1S/C22H22FN5O2/c1-14-4-5-16(13-18(14)23)22(29)28-11-9-27(10-12-28)19-17(3-2-8-24-19)21-26-25-20(30-21)15-6-7-15/h2-5,8,13,15H,6-7,9-12H2,1H3. The summed E-state index contributed by atoms with van der Waals surface area (Å²) < 4.78 is 19.7. The summed E-state index contributed by atoms with van der Waals surface area (Å²) in [6, 6.07) is 8.41. The van der Waals surface area contributed by atoms with Gasteiger partial charge in [0.05, 0.1) is 5.56 Å². The molecule has 0 radical (unpaired) electrons. The van der Waals surface area contributed by atoms with Crippen LogP contribution in [0, 0.1) is 12.7 Å². The van der Waals surface area contributed by atoms with Crippen molar-refractivity contribution < 1.29 is 13.6 Å². The van der Waals surface area contributed by atoms with Crippen LogP contribution in [-0.4, -0.2) is 52.2 Å². The number of piperazine rings is 1. The molecule has 0 N–H and O–H groups in total. The Morgan fingerprint density at radius 2 is 1.93 bits per heavy atom. The van der Waals surface area contributed by atoms with Crippen molar-refractivity contribution in [3.05, 3.63) is 59.4 Å². The third kappa shape index (κ3) is 3.53. The first-order valence-corrected chi connectivity index (χ1v) is 10.2. The van der Waals surface area contributed by atoms with Gasteiger partial charge in [0.1, 0.15) is 11.6 Å². The quantitative estimate of drug-likeness (QED) is 0.660. The molecule has 1 aromatic carbocycles. The van der Waals surface area contributed by atoms with Gasteiger partial charge >= 0.3 is 0 Å². The van der Waals surface area contributed by atoms with Gasteiger partial charge in [-0.15, -0.1) is 10.2 Å². The van der Waals surface area contributed by atoms with Crippen LogP contribution >= 0.6 is 0 Å². The van der Waals surface area contributed by atoms with Crippen LogP contribution in [0.15, 0.2) is 40.9 Å². The molecular formula is C22H22FN5O2. The molecule has 1 aliphatic heterocycles. The molecular weight excluding hydrogens is 385 g/mol. The van der Waals surface area contributed by atoms with E-state index < -0.39 is 0 Å². The van der Waals surface area contributed by atoms with Crippen LogP contribution in [0.25, 0.3) is 11.5 Å². The van der Waals surface area contributed by atoms with Crippen molar-refractivity contribution in [2.45, 2.75) is 25.7 Å². The van der Waals surface area contributed by atoms with E-state index >= 15 is 0 Å². The van der Waals surface area contributed by atoms with Crippen molar-refractivity contribution in [3.63, 3.8) is 0 Å². The number of aromatic nitrogens is 3. The average molecular weight is 407 g/mol. The molecule has 8 heteroatoms. The van der Waals surface area contributed by atoms with E-state index in [1.54, 1.807) is 30.2 Å². The molecule has 5 rings (SSSR count). The molecule has 1 amide bonds. The van der Waals surface area contributed by atoms with Gasteiger partial charge in [0.25, 0.3) is 11.8 Å². The third-order valence-electron chi connectivity index (χ3n) is 5.67. The number of halogens is 1. The van der Waals surface area contributed by atoms with Gasteiger partial charge in [0, 0.05) is 43.9 Å². The summed E-state index contributed by atoms with van der Waals surface area (Å²) in [4.78, 5) is 21.2. The summed E-state index contributed by atoms with van der Waals surface area (Å²) in [7, 11) is 0. The first-order valence-electron chi connectivity index (χ1n) is 10.2. The van der Waals surface area contributed by atoms with E-state index in [4.69, 9.17) is 4.42 Å². The summed E-state index contributed by atoms with van der Waals surface area (Å²) in [6.07, 6.45) is 3.94. The second-order valence-electron chi connectivity index (χ2n) is 7.84. The Hall–Kier alpha value is -3.29. The second kappa shape index (κ2) is 7.51. The van der Waals surface area contributed by atoms with Crippen molar-refractivity contribution in [3.8, 4) is 11.5 Å². The minimum atomic E-state index is -0.359. The molecule has 3 heterocycles. The number of carbonyl (C=O) groups excluding carboxylic acids is 1. The molecule has 1 saturated heterocycles. The first-order chi connectivity index (χ1) is 14.6. The monoisotopic (exact) mass is 407 g/mol. The smallest absolute Gasteiger partial charge is 0.254 e. The highest BCUT2D eigenvalue weighted by Crippen LogP contribution is 2.40. The fraction of sp³-hybridized carbons (Fsp3) is 0.364. The zero-order valence-electron chi connectivity index (χ0n) is 16.7. The maximum Gasteiger partial charge on any atom is 0.254 e. The van der Waals surface area contributed by atoms with E-state index in [-0.39, 0.29) is 11.7 Å². The Morgan fingerprint density at radius 3 is 2.67 bits per heavy atom. The van der Waals surface area contributed by atoms with Gasteiger partial charge in [0.2, 0.25) is 5.89 Å². The number of aryl methyl sites for hydroxylation is 1. The molecule has 2 aromatic heterocycles. The predicted molar refractivity (Wildman–Crippen MR) is 109 cm³/mol. The number of pyridine rings is 1. The summed E-state index contributed by atoms with van der Waals surface area (Å²) in [5.41, 5.74) is 1.71. The highest BCUT2D eigenvalue weighted by atomic mass is 19.1. The molecule has 0 atom stereocenters. The number of hydrogen-bond donors (Lipinski definition) is 0. The lowest BCUT2D eigenvalue weighted by atomic mass is 10.1. The van der Waals surface area contributed by atoms with Crippen molar-refractivity contribution in [2.75, 3.05) is 31.1 Å². The number of anilines is 1. The minimum Gasteiger partial charge on any atom is -0.420 e. The van der Waals surface area contributed by atoms with Crippen molar-refractivity contribution in [2.24, 2.45) is 0 Å². The number of carbonyl (C=O) groups is 1. The molecule has 3 aromatic rings. The Bertz CT molecular complexity index is 1090. The van der Waals surface area contributed by atoms with Gasteiger partial charge in [-0.25, -0.2) is 9.37 Å². The van der Waals surface area contributed by atoms with Crippen molar-refractivity contribution >= 4 is 11.7 Å². The average Bonchev–Trinajstić information content (AvgIpc) is 3.52. The van der Waals surface area contributed by atoms with E-state index in [0.717, 1.165) is 24.2 Å². The lowest BCUT2D eigenvalue weighted by molar-refractivity contribution is 0.0746.